The monoisotopic (exact) mass is 235 g/mol. The van der Waals surface area contributed by atoms with Crippen molar-refractivity contribution in [2.45, 2.75) is 33.2 Å². The van der Waals surface area contributed by atoms with Gasteiger partial charge in [0.05, 0.1) is 6.61 Å². The molecule has 2 nitrogen and oxygen atoms in total. The lowest BCUT2D eigenvalue weighted by molar-refractivity contribution is 0.202. The maximum atomic E-state index is 5.09. The van der Waals surface area contributed by atoms with Gasteiger partial charge in [-0.2, -0.15) is 0 Å². The van der Waals surface area contributed by atoms with Crippen molar-refractivity contribution in [3.63, 3.8) is 0 Å². The molecule has 0 aliphatic rings. The van der Waals surface area contributed by atoms with Crippen LogP contribution in [0.5, 0.6) is 0 Å². The van der Waals surface area contributed by atoms with Gasteiger partial charge in [-0.05, 0) is 30.0 Å². The van der Waals surface area contributed by atoms with Crippen LogP contribution >= 0.6 is 0 Å². The lowest BCUT2D eigenvalue weighted by Crippen LogP contribution is -2.25. The van der Waals surface area contributed by atoms with Crippen LogP contribution in [0.2, 0.25) is 0 Å². The molecule has 0 bridgehead atoms. The van der Waals surface area contributed by atoms with Crippen LogP contribution in [-0.2, 0) is 11.2 Å². The van der Waals surface area contributed by atoms with E-state index in [1.165, 1.54) is 11.1 Å². The molecule has 0 aromatic heterocycles. The summed E-state index contributed by atoms with van der Waals surface area (Å²) in [4.78, 5) is 0. The summed E-state index contributed by atoms with van der Waals surface area (Å²) in [7, 11) is 1.74. The van der Waals surface area contributed by atoms with Crippen LogP contribution in [0.4, 0.5) is 0 Å². The molecule has 96 valence electrons. The Balaban J connectivity index is 2.70. The number of hydrogen-bond acceptors (Lipinski definition) is 2. The van der Waals surface area contributed by atoms with Crippen LogP contribution in [0, 0.1) is 5.92 Å². The van der Waals surface area contributed by atoms with Gasteiger partial charge >= 0.3 is 0 Å². The van der Waals surface area contributed by atoms with Crippen molar-refractivity contribution >= 4 is 0 Å². The molecule has 2 heteroatoms. The minimum Gasteiger partial charge on any atom is -0.384 e. The normalized spacial score (nSPS) is 13.0. The maximum Gasteiger partial charge on any atom is 0.0502 e. The predicted molar refractivity (Wildman–Crippen MR) is 73.3 cm³/mol. The van der Waals surface area contributed by atoms with E-state index in [0.29, 0.717) is 12.0 Å². The van der Waals surface area contributed by atoms with E-state index >= 15 is 0 Å². The molecule has 0 aliphatic heterocycles. The smallest absolute Gasteiger partial charge is 0.0502 e. The van der Waals surface area contributed by atoms with Crippen LogP contribution in [-0.4, -0.2) is 20.3 Å². The second kappa shape index (κ2) is 7.46. The Morgan fingerprint density at radius 2 is 1.82 bits per heavy atom. The Morgan fingerprint density at radius 1 is 1.18 bits per heavy atom. The summed E-state index contributed by atoms with van der Waals surface area (Å²) in [5.41, 5.74) is 2.72. The first-order valence-corrected chi connectivity index (χ1v) is 6.50. The van der Waals surface area contributed by atoms with Gasteiger partial charge in [-0.25, -0.2) is 0 Å². The molecule has 0 amide bonds. The molecule has 1 N–H and O–H groups in total. The molecule has 1 rings (SSSR count). The Labute approximate surface area is 105 Å². The Kier molecular flexibility index (Phi) is 6.23. The van der Waals surface area contributed by atoms with E-state index in [0.717, 1.165) is 19.6 Å². The highest BCUT2D eigenvalue weighted by Crippen LogP contribution is 2.21. The molecule has 1 aromatic carbocycles. The molecule has 0 saturated heterocycles. The first-order valence-electron chi connectivity index (χ1n) is 6.50. The third-order valence-electron chi connectivity index (χ3n) is 3.02. The zero-order valence-electron chi connectivity index (χ0n) is 11.5. The molecule has 1 aromatic rings. The second-order valence-corrected chi connectivity index (χ2v) is 4.76. The van der Waals surface area contributed by atoms with E-state index in [9.17, 15) is 0 Å². The van der Waals surface area contributed by atoms with E-state index in [4.69, 9.17) is 4.74 Å². The summed E-state index contributed by atoms with van der Waals surface area (Å²) in [5.74, 6) is 0.611. The molecule has 0 radical (unpaired) electrons. The fourth-order valence-electron chi connectivity index (χ4n) is 2.07. The lowest BCUT2D eigenvalue weighted by atomic mass is 9.95. The highest BCUT2D eigenvalue weighted by Gasteiger charge is 2.13. The van der Waals surface area contributed by atoms with Gasteiger partial charge in [0.2, 0.25) is 0 Å². The van der Waals surface area contributed by atoms with Crippen molar-refractivity contribution in [2.24, 2.45) is 5.92 Å². The molecule has 0 heterocycles. The van der Waals surface area contributed by atoms with Crippen LogP contribution in [0.3, 0.4) is 0 Å². The minimum absolute atomic E-state index is 0.455. The molecule has 0 aliphatic carbocycles. The van der Waals surface area contributed by atoms with Crippen LogP contribution in [0.25, 0.3) is 0 Å². The predicted octanol–water partition coefficient (Wildman–Crippen LogP) is 3.18. The average Bonchev–Trinajstić information content (AvgIpc) is 2.34. The quantitative estimate of drug-likeness (QED) is 0.783. The van der Waals surface area contributed by atoms with Crippen molar-refractivity contribution in [1.29, 1.82) is 0 Å². The molecule has 0 fully saturated rings. The lowest BCUT2D eigenvalue weighted by Gasteiger charge is -2.22. The first-order chi connectivity index (χ1) is 8.19. The SMILES string of the molecule is CCNC(c1ccc(CCOC)cc1)C(C)C. The van der Waals surface area contributed by atoms with E-state index in [1.54, 1.807) is 7.11 Å². The number of rotatable bonds is 7. The van der Waals surface area contributed by atoms with Gasteiger partial charge < -0.3 is 10.1 Å². The van der Waals surface area contributed by atoms with Gasteiger partial charge in [-0.1, -0.05) is 45.0 Å². The van der Waals surface area contributed by atoms with Gasteiger partial charge in [0, 0.05) is 13.2 Å². The Morgan fingerprint density at radius 3 is 2.29 bits per heavy atom. The maximum absolute atomic E-state index is 5.09. The van der Waals surface area contributed by atoms with Crippen LogP contribution in [0.1, 0.15) is 37.9 Å². The van der Waals surface area contributed by atoms with Gasteiger partial charge in [0.1, 0.15) is 0 Å². The number of ether oxygens (including phenoxy) is 1. The highest BCUT2D eigenvalue weighted by atomic mass is 16.5. The third kappa shape index (κ3) is 4.49. The molecule has 1 atom stereocenters. The second-order valence-electron chi connectivity index (χ2n) is 4.76. The summed E-state index contributed by atoms with van der Waals surface area (Å²) < 4.78 is 5.09. The number of hydrogen-bond donors (Lipinski definition) is 1. The molecule has 0 saturated carbocycles. The summed E-state index contributed by atoms with van der Waals surface area (Å²) >= 11 is 0. The van der Waals surface area contributed by atoms with Gasteiger partial charge in [-0.15, -0.1) is 0 Å². The van der Waals surface area contributed by atoms with Crippen molar-refractivity contribution in [1.82, 2.24) is 5.32 Å². The molecule has 0 spiro atoms. The first kappa shape index (κ1) is 14.2. The van der Waals surface area contributed by atoms with Crippen molar-refractivity contribution in [2.75, 3.05) is 20.3 Å². The van der Waals surface area contributed by atoms with Gasteiger partial charge in [0.25, 0.3) is 0 Å². The number of benzene rings is 1. The summed E-state index contributed by atoms with van der Waals surface area (Å²) in [6.07, 6.45) is 0.990. The Bertz CT molecular complexity index is 305. The fourth-order valence-corrected chi connectivity index (χ4v) is 2.07. The van der Waals surface area contributed by atoms with Crippen molar-refractivity contribution < 1.29 is 4.74 Å². The zero-order valence-corrected chi connectivity index (χ0v) is 11.5. The van der Waals surface area contributed by atoms with E-state index in [2.05, 4.69) is 50.4 Å². The minimum atomic E-state index is 0.455. The summed E-state index contributed by atoms with van der Waals surface area (Å²) in [5, 5.41) is 3.54. The van der Waals surface area contributed by atoms with Crippen molar-refractivity contribution in [3.8, 4) is 0 Å². The summed E-state index contributed by atoms with van der Waals surface area (Å²) in [6, 6.07) is 9.34. The topological polar surface area (TPSA) is 21.3 Å². The molecular formula is C15H25NO. The van der Waals surface area contributed by atoms with Crippen LogP contribution < -0.4 is 5.32 Å². The van der Waals surface area contributed by atoms with E-state index in [1.807, 2.05) is 0 Å². The average molecular weight is 235 g/mol. The largest absolute Gasteiger partial charge is 0.384 e. The standard InChI is InChI=1S/C15H25NO/c1-5-16-15(12(2)3)14-8-6-13(7-9-14)10-11-17-4/h6-9,12,15-16H,5,10-11H2,1-4H3. The molecule has 17 heavy (non-hydrogen) atoms. The Hall–Kier alpha value is -0.860. The number of nitrogens with one attached hydrogen (secondary N) is 1. The molecular weight excluding hydrogens is 210 g/mol. The zero-order chi connectivity index (χ0) is 12.7. The fraction of sp³-hybridized carbons (Fsp3) is 0.600. The highest BCUT2D eigenvalue weighted by molar-refractivity contribution is 5.25. The van der Waals surface area contributed by atoms with E-state index in [-0.39, 0.29) is 0 Å². The van der Waals surface area contributed by atoms with Gasteiger partial charge in [0.15, 0.2) is 0 Å². The van der Waals surface area contributed by atoms with Crippen molar-refractivity contribution in [3.05, 3.63) is 35.4 Å². The van der Waals surface area contributed by atoms with E-state index < -0.39 is 0 Å². The summed E-state index contributed by atoms with van der Waals surface area (Å²) in [6.45, 7) is 8.47. The third-order valence-corrected chi connectivity index (χ3v) is 3.02. The van der Waals surface area contributed by atoms with Gasteiger partial charge in [-0.3, -0.25) is 0 Å². The number of methoxy groups -OCH3 is 1. The van der Waals surface area contributed by atoms with Crippen LogP contribution in [0.15, 0.2) is 24.3 Å². The molecule has 1 unspecified atom stereocenters.